The van der Waals surface area contributed by atoms with Gasteiger partial charge in [-0.3, -0.25) is 9.59 Å². The van der Waals surface area contributed by atoms with Gasteiger partial charge < -0.3 is 19.9 Å². The first-order valence-corrected chi connectivity index (χ1v) is 10.7. The number of carbonyl (C=O) groups excluding carboxylic acids is 2. The molecule has 0 saturated heterocycles. The van der Waals surface area contributed by atoms with Crippen molar-refractivity contribution in [2.45, 2.75) is 0 Å². The molecule has 0 unspecified atom stereocenters. The van der Waals surface area contributed by atoms with Crippen LogP contribution in [0.25, 0.3) is 10.8 Å². The molecule has 0 aliphatic carbocycles. The van der Waals surface area contributed by atoms with Crippen molar-refractivity contribution >= 4 is 34.5 Å². The number of aromatic hydroxyl groups is 1. The Morgan fingerprint density at radius 2 is 1.57 bits per heavy atom. The summed E-state index contributed by atoms with van der Waals surface area (Å²) in [6.45, 7) is -0.148. The zero-order valence-corrected chi connectivity index (χ0v) is 18.9. The molecule has 0 bridgehead atoms. The summed E-state index contributed by atoms with van der Waals surface area (Å²) >= 11 is 0. The molecule has 4 aromatic carbocycles. The van der Waals surface area contributed by atoms with Crippen LogP contribution < -0.4 is 20.2 Å². The standard InChI is InChI=1S/C27H23N3O5/c1-34-22-12-8-21(9-13-22)29-26(32)17-35-23-10-6-18(7-11-23)16-28-30-27(33)24-14-19-4-2-3-5-20(19)15-25(24)31/h2-16,31H,17H2,1H3,(H,29,32)(H,30,33)/b28-16+. The molecule has 0 fully saturated rings. The molecule has 0 spiro atoms. The second-order valence-electron chi connectivity index (χ2n) is 7.55. The van der Waals surface area contributed by atoms with E-state index in [1.165, 1.54) is 6.21 Å². The molecule has 35 heavy (non-hydrogen) atoms. The van der Waals surface area contributed by atoms with E-state index in [9.17, 15) is 14.7 Å². The van der Waals surface area contributed by atoms with Crippen LogP contribution in [-0.4, -0.2) is 36.9 Å². The molecule has 0 heterocycles. The van der Waals surface area contributed by atoms with Crippen molar-refractivity contribution in [2.75, 3.05) is 19.0 Å². The molecule has 0 aliphatic rings. The van der Waals surface area contributed by atoms with Gasteiger partial charge in [-0.15, -0.1) is 0 Å². The molecule has 8 nitrogen and oxygen atoms in total. The number of ether oxygens (including phenoxy) is 2. The van der Waals surface area contributed by atoms with Gasteiger partial charge in [0.2, 0.25) is 0 Å². The van der Waals surface area contributed by atoms with Crippen molar-refractivity contribution in [2.24, 2.45) is 5.10 Å². The van der Waals surface area contributed by atoms with Crippen LogP contribution in [0.5, 0.6) is 17.2 Å². The maximum Gasteiger partial charge on any atom is 0.275 e. The summed E-state index contributed by atoms with van der Waals surface area (Å²) in [5.74, 6) is 0.285. The van der Waals surface area contributed by atoms with Gasteiger partial charge in [0.1, 0.15) is 17.2 Å². The molecular formula is C27H23N3O5. The largest absolute Gasteiger partial charge is 0.507 e. The Labute approximate surface area is 201 Å². The van der Waals surface area contributed by atoms with E-state index >= 15 is 0 Å². The Hall–Kier alpha value is -4.85. The van der Waals surface area contributed by atoms with E-state index in [1.54, 1.807) is 67.8 Å². The molecule has 0 atom stereocenters. The topological polar surface area (TPSA) is 109 Å². The highest BCUT2D eigenvalue weighted by Gasteiger charge is 2.11. The minimum absolute atomic E-state index is 0.117. The molecule has 0 aromatic heterocycles. The molecule has 0 aliphatic heterocycles. The lowest BCUT2D eigenvalue weighted by Crippen LogP contribution is -2.20. The molecule has 176 valence electrons. The van der Waals surface area contributed by atoms with Gasteiger partial charge in [0.15, 0.2) is 6.61 Å². The fraction of sp³-hybridized carbons (Fsp3) is 0.0741. The number of hydrogen-bond acceptors (Lipinski definition) is 6. The number of amides is 2. The third kappa shape index (κ3) is 6.14. The highest BCUT2D eigenvalue weighted by atomic mass is 16.5. The number of nitrogens with one attached hydrogen (secondary N) is 2. The summed E-state index contributed by atoms with van der Waals surface area (Å²) in [6, 6.07) is 24.5. The highest BCUT2D eigenvalue weighted by Crippen LogP contribution is 2.25. The Kier molecular flexibility index (Phi) is 7.22. The van der Waals surface area contributed by atoms with E-state index < -0.39 is 5.91 Å². The van der Waals surface area contributed by atoms with E-state index in [0.717, 1.165) is 10.8 Å². The van der Waals surface area contributed by atoms with Crippen LogP contribution in [0.2, 0.25) is 0 Å². The number of phenols is 1. The summed E-state index contributed by atoms with van der Waals surface area (Å²) in [6.07, 6.45) is 1.47. The maximum atomic E-state index is 12.4. The molecule has 8 heteroatoms. The van der Waals surface area contributed by atoms with Crippen LogP contribution in [0.15, 0.2) is 90.0 Å². The number of hydrogen-bond donors (Lipinski definition) is 3. The summed E-state index contributed by atoms with van der Waals surface area (Å²) in [5, 5.41) is 18.5. The number of anilines is 1. The second kappa shape index (κ2) is 10.8. The predicted octanol–water partition coefficient (Wildman–Crippen LogP) is 4.34. The predicted molar refractivity (Wildman–Crippen MR) is 134 cm³/mol. The van der Waals surface area contributed by atoms with Crippen molar-refractivity contribution in [1.29, 1.82) is 0 Å². The van der Waals surface area contributed by atoms with Crippen molar-refractivity contribution in [3.8, 4) is 17.2 Å². The van der Waals surface area contributed by atoms with E-state index in [-0.39, 0.29) is 23.8 Å². The maximum absolute atomic E-state index is 12.4. The first kappa shape index (κ1) is 23.3. The average Bonchev–Trinajstić information content (AvgIpc) is 2.88. The molecule has 4 rings (SSSR count). The fourth-order valence-electron chi connectivity index (χ4n) is 3.31. The third-order valence-electron chi connectivity index (χ3n) is 5.11. The van der Waals surface area contributed by atoms with E-state index in [4.69, 9.17) is 9.47 Å². The molecule has 0 saturated carbocycles. The van der Waals surface area contributed by atoms with Gasteiger partial charge in [-0.05, 0) is 77.0 Å². The Bertz CT molecular complexity index is 1370. The van der Waals surface area contributed by atoms with Gasteiger partial charge in [-0.2, -0.15) is 5.10 Å². The van der Waals surface area contributed by atoms with E-state index in [1.807, 2.05) is 24.3 Å². The lowest BCUT2D eigenvalue weighted by Gasteiger charge is -2.08. The summed E-state index contributed by atoms with van der Waals surface area (Å²) in [7, 11) is 1.58. The zero-order valence-electron chi connectivity index (χ0n) is 18.9. The summed E-state index contributed by atoms with van der Waals surface area (Å²) in [5.41, 5.74) is 3.91. The number of benzene rings is 4. The quantitative estimate of drug-likeness (QED) is 0.263. The third-order valence-corrected chi connectivity index (χ3v) is 5.11. The number of methoxy groups -OCH3 is 1. The zero-order chi connectivity index (χ0) is 24.6. The van der Waals surface area contributed by atoms with E-state index in [0.29, 0.717) is 22.7 Å². The van der Waals surface area contributed by atoms with E-state index in [2.05, 4.69) is 15.8 Å². The van der Waals surface area contributed by atoms with Gasteiger partial charge in [0.05, 0.1) is 18.9 Å². The van der Waals surface area contributed by atoms with Crippen LogP contribution >= 0.6 is 0 Å². The normalized spacial score (nSPS) is 10.8. The minimum Gasteiger partial charge on any atom is -0.507 e. The second-order valence-corrected chi connectivity index (χ2v) is 7.55. The number of phenolic OH excluding ortho intramolecular Hbond substituents is 1. The van der Waals surface area contributed by atoms with Gasteiger partial charge in [0, 0.05) is 5.69 Å². The van der Waals surface area contributed by atoms with Crippen molar-refractivity contribution < 1.29 is 24.2 Å². The van der Waals surface area contributed by atoms with Crippen LogP contribution in [-0.2, 0) is 4.79 Å². The molecule has 4 aromatic rings. The van der Waals surface area contributed by atoms with Crippen LogP contribution in [0.4, 0.5) is 5.69 Å². The minimum atomic E-state index is -0.521. The first-order valence-electron chi connectivity index (χ1n) is 10.7. The first-order chi connectivity index (χ1) is 17.0. The highest BCUT2D eigenvalue weighted by molar-refractivity contribution is 6.01. The fourth-order valence-corrected chi connectivity index (χ4v) is 3.31. The average molecular weight is 469 g/mol. The van der Waals surface area contributed by atoms with Crippen molar-refractivity contribution in [1.82, 2.24) is 5.43 Å². The number of carbonyl (C=O) groups is 2. The lowest BCUT2D eigenvalue weighted by molar-refractivity contribution is -0.118. The lowest BCUT2D eigenvalue weighted by atomic mass is 10.1. The van der Waals surface area contributed by atoms with Crippen molar-refractivity contribution in [3.05, 3.63) is 96.1 Å². The van der Waals surface area contributed by atoms with Crippen LogP contribution in [0.3, 0.4) is 0 Å². The molecule has 3 N–H and O–H groups in total. The number of hydrazone groups is 1. The number of rotatable bonds is 8. The summed E-state index contributed by atoms with van der Waals surface area (Å²) in [4.78, 5) is 24.5. The van der Waals surface area contributed by atoms with Crippen LogP contribution in [0, 0.1) is 0 Å². The summed E-state index contributed by atoms with van der Waals surface area (Å²) < 4.78 is 10.6. The Morgan fingerprint density at radius 3 is 2.26 bits per heavy atom. The van der Waals surface area contributed by atoms with Gasteiger partial charge in [0.25, 0.3) is 11.8 Å². The smallest absolute Gasteiger partial charge is 0.275 e. The molecular weight excluding hydrogens is 446 g/mol. The van der Waals surface area contributed by atoms with Crippen molar-refractivity contribution in [3.63, 3.8) is 0 Å². The molecule has 2 amide bonds. The Balaban J connectivity index is 1.27. The SMILES string of the molecule is COc1ccc(NC(=O)COc2ccc(/C=N/NC(=O)c3cc4ccccc4cc3O)cc2)cc1. The van der Waals surface area contributed by atoms with Gasteiger partial charge >= 0.3 is 0 Å². The number of nitrogens with zero attached hydrogens (tertiary/aromatic N) is 1. The number of fused-ring (bicyclic) bond motifs is 1. The van der Waals surface area contributed by atoms with Gasteiger partial charge in [-0.25, -0.2) is 5.43 Å². The van der Waals surface area contributed by atoms with Gasteiger partial charge in [-0.1, -0.05) is 24.3 Å². The molecule has 0 radical (unpaired) electrons. The Morgan fingerprint density at radius 1 is 0.914 bits per heavy atom. The monoisotopic (exact) mass is 469 g/mol. The van der Waals surface area contributed by atoms with Crippen LogP contribution in [0.1, 0.15) is 15.9 Å².